The number of nitrogens with zero attached hydrogens (tertiary/aromatic N) is 14. The van der Waals surface area contributed by atoms with Crippen LogP contribution >= 0.6 is 0 Å². The van der Waals surface area contributed by atoms with Gasteiger partial charge in [-0.1, -0.05) is 13.8 Å². The first-order chi connectivity index (χ1) is 59.7. The minimum absolute atomic E-state index is 0.0135. The van der Waals surface area contributed by atoms with Gasteiger partial charge in [0.25, 0.3) is 44.5 Å². The number of piperazine rings is 3. The Labute approximate surface area is 732 Å². The van der Waals surface area contributed by atoms with E-state index < -0.39 is 81.2 Å². The average molecular weight is 1780 g/mol. The molecule has 12 rings (SSSR count). The zero-order chi connectivity index (χ0) is 90.8. The molecule has 6 fully saturated rings. The molecule has 0 saturated carbocycles. The number of hydrogen-bond donors (Lipinski definition) is 4. The number of nitrogens with one attached hydrogen (secondary N) is 1. The number of fused-ring (bicyclic) bond motifs is 3. The van der Waals surface area contributed by atoms with Crippen LogP contribution in [-0.4, -0.2) is 412 Å². The number of morpholine rings is 3. The number of aliphatic hydroxyl groups is 3. The molecular weight excluding hydrogens is 1640 g/mol. The van der Waals surface area contributed by atoms with Crippen LogP contribution in [0.4, 0.5) is 0 Å². The van der Waals surface area contributed by atoms with Crippen LogP contribution in [0.15, 0.2) is 50.8 Å². The summed E-state index contributed by atoms with van der Waals surface area (Å²) < 4.78 is 93.7. The predicted octanol–water partition coefficient (Wildman–Crippen LogP) is 0.761. The highest BCUT2D eigenvalue weighted by molar-refractivity contribution is 7.86. The lowest BCUT2D eigenvalue weighted by molar-refractivity contribution is -0.149. The van der Waals surface area contributed by atoms with Crippen LogP contribution in [-0.2, 0) is 86.0 Å². The molecule has 0 bridgehead atoms. The first-order valence-electron chi connectivity index (χ1n) is 42.9. The van der Waals surface area contributed by atoms with E-state index in [-0.39, 0.29) is 95.0 Å². The zero-order valence-corrected chi connectivity index (χ0v) is 76.7. The number of aryl methyl sites for hydroxylation is 6. The highest BCUT2D eigenvalue weighted by Crippen LogP contribution is 2.28. The molecule has 6 aliphatic rings. The van der Waals surface area contributed by atoms with Gasteiger partial charge in [-0.2, -0.15) is 8.42 Å². The summed E-state index contributed by atoms with van der Waals surface area (Å²) in [5.74, 6) is -1.85. The first kappa shape index (κ1) is 101. The van der Waals surface area contributed by atoms with E-state index in [1.54, 1.807) is 46.5 Å². The fourth-order valence-corrected chi connectivity index (χ4v) is 15.7. The number of hydrogen-bond acceptors (Lipinski definition) is 32. The van der Waals surface area contributed by atoms with Crippen molar-refractivity contribution in [2.75, 3.05) is 260 Å². The molecule has 125 heavy (non-hydrogen) atoms. The van der Waals surface area contributed by atoms with Gasteiger partial charge in [-0.15, -0.1) is 0 Å². The van der Waals surface area contributed by atoms with Crippen molar-refractivity contribution >= 4 is 60.9 Å². The lowest BCUT2D eigenvalue weighted by Crippen LogP contribution is -2.50. The van der Waals surface area contributed by atoms with Crippen LogP contribution in [0.3, 0.4) is 0 Å². The second kappa shape index (κ2) is 49.4. The standard InChI is InChI=1S/C30H47N5O7.C27H42N4O9S.C25H37N5O6.C4H9NO/c1-21-15-24-25(16-22(21)2)35(30(37)28(31-24)29(36)34-9-7-32(4)8-10-34)18-27(42-20-39-6)23(3)26(41-19-38-5)17-33-11-13-40-14-12-33;1-18-12-21-22(13-19(18)2)31(27(33)25(28-21)26(32)30-10-8-29(4)9-11-30)14-23(38-16-36-5)20(3)24(39-17-37-6)15-40-41(7,34)35;1-16-12-18-19(13-17(16)2)30(15-21(32)23(33)20(31)14-28-8-10-36-11-9-28)25(35)22(26-18)24(34)29-6-4-27(3)5-7-29;1-3-6-4-2-5-1/h15-16,23,26-27H,7-14,17-20H2,1-6H3;12-13,20,23-24H,8-11,14-17H2,1-7H3;12-13,20-21,23,31-33H,4-11,14-15H2,1-3H3;5H,1-4H2/t23-,26-,27+;20-,23-,24+;20-,21+,23-;/m101./s1. The van der Waals surface area contributed by atoms with Crippen molar-refractivity contribution in [1.29, 1.82) is 0 Å². The highest BCUT2D eigenvalue weighted by atomic mass is 32.2. The van der Waals surface area contributed by atoms with Crippen LogP contribution in [0.25, 0.3) is 33.1 Å². The quantitative estimate of drug-likeness (QED) is 0.0320. The molecule has 3 amide bonds. The van der Waals surface area contributed by atoms with E-state index in [1.807, 2.05) is 97.9 Å². The molecule has 0 aliphatic carbocycles. The number of β-amino-alcohol motifs (C(OH)–C–C–N with tert-alkyl or cyclic N) is 1. The van der Waals surface area contributed by atoms with Crippen LogP contribution in [0.5, 0.6) is 0 Å². The molecule has 4 N–H and O–H groups in total. The van der Waals surface area contributed by atoms with Crippen LogP contribution in [0.1, 0.15) is 78.7 Å². The van der Waals surface area contributed by atoms with Gasteiger partial charge in [-0.3, -0.25) is 42.8 Å². The maximum atomic E-state index is 14.1. The molecule has 9 heterocycles. The molecule has 6 saturated heterocycles. The maximum Gasteiger partial charge on any atom is 0.282 e. The van der Waals surface area contributed by atoms with E-state index in [9.17, 15) is 52.5 Å². The fraction of sp³-hybridized carbons (Fsp3) is 0.686. The van der Waals surface area contributed by atoms with Crippen molar-refractivity contribution in [2.24, 2.45) is 11.8 Å². The maximum absolute atomic E-state index is 14.1. The van der Waals surface area contributed by atoms with Gasteiger partial charge >= 0.3 is 0 Å². The molecule has 0 unspecified atom stereocenters. The molecule has 6 aromatic rings. The topological polar surface area (TPSA) is 399 Å². The average Bonchev–Trinajstić information content (AvgIpc) is 0.773. The molecule has 0 radical (unpaired) electrons. The lowest BCUT2D eigenvalue weighted by Gasteiger charge is -2.36. The van der Waals surface area contributed by atoms with Crippen molar-refractivity contribution < 1.29 is 94.4 Å². The number of carbonyl (C=O) groups is 3. The third kappa shape index (κ3) is 28.8. The molecule has 38 nitrogen and oxygen atoms in total. The normalized spacial score (nSPS) is 19.1. The summed E-state index contributed by atoms with van der Waals surface area (Å²) in [6, 6.07) is 11.3. The summed E-state index contributed by atoms with van der Waals surface area (Å²) in [6.45, 7) is 32.6. The molecule has 39 heteroatoms. The third-order valence-corrected chi connectivity index (χ3v) is 24.4. The van der Waals surface area contributed by atoms with Crippen LogP contribution in [0.2, 0.25) is 0 Å². The fourth-order valence-electron chi connectivity index (χ4n) is 15.3. The highest BCUT2D eigenvalue weighted by Gasteiger charge is 2.37. The largest absolute Gasteiger partial charge is 0.389 e. The van der Waals surface area contributed by atoms with Gasteiger partial charge in [-0.25, -0.2) is 15.0 Å². The second-order valence-electron chi connectivity index (χ2n) is 33.2. The Morgan fingerprint density at radius 2 is 0.704 bits per heavy atom. The van der Waals surface area contributed by atoms with Gasteiger partial charge in [0.2, 0.25) is 0 Å². The molecule has 698 valence electrons. The van der Waals surface area contributed by atoms with Gasteiger partial charge in [0.15, 0.2) is 17.1 Å². The van der Waals surface area contributed by atoms with Crippen LogP contribution < -0.4 is 22.0 Å². The number of carbonyl (C=O) groups excluding carboxylic acids is 3. The Morgan fingerprint density at radius 1 is 0.416 bits per heavy atom. The zero-order valence-electron chi connectivity index (χ0n) is 75.9. The Balaban J connectivity index is 0.000000205. The van der Waals surface area contributed by atoms with Crippen molar-refractivity contribution in [3.63, 3.8) is 0 Å². The first-order valence-corrected chi connectivity index (χ1v) is 44.7. The minimum Gasteiger partial charge on any atom is -0.389 e. The van der Waals surface area contributed by atoms with Crippen molar-refractivity contribution in [3.8, 4) is 0 Å². The van der Waals surface area contributed by atoms with E-state index in [2.05, 4.69) is 46.8 Å². The lowest BCUT2D eigenvalue weighted by atomic mass is 9.96. The number of methoxy groups -OCH3 is 4. The SMILES string of the molecule is C1COCCN1.COCO[C@@H](Cn1c(=O)c(C(=O)N2CCN(C)CC2)nc2cc(C)c(C)cc21)[C@H](C)[C@@H](CN1CCOCC1)OCOC.COCO[C@@H](Cn1c(=O)c(C(=O)N2CCN(C)CC2)nc2cc(C)c(C)cc21)[C@H](C)[C@@H](COS(C)(=O)=O)OCOC.Cc1cc2nc(C(=O)N3CCN(C)CC3)c(=O)n(C[C@H](O)[C@H](O)[C@H](O)CN3CCOCC3)c2cc1C. The van der Waals surface area contributed by atoms with E-state index in [4.69, 9.17) is 56.3 Å². The van der Waals surface area contributed by atoms with Crippen molar-refractivity contribution in [1.82, 2.24) is 73.2 Å². The summed E-state index contributed by atoms with van der Waals surface area (Å²) in [5.41, 5.74) is 7.14. The van der Waals surface area contributed by atoms with Gasteiger partial charge in [0.1, 0.15) is 39.4 Å². The number of likely N-dealkylation sites (N-methyl/N-ethyl adjacent to an activating group) is 3. The molecule has 9 atom stereocenters. The van der Waals surface area contributed by atoms with Crippen molar-refractivity contribution in [2.45, 2.75) is 118 Å². The predicted molar refractivity (Wildman–Crippen MR) is 469 cm³/mol. The number of aromatic nitrogens is 6. The van der Waals surface area contributed by atoms with Gasteiger partial charge in [0.05, 0.1) is 136 Å². The monoisotopic (exact) mass is 1780 g/mol. The summed E-state index contributed by atoms with van der Waals surface area (Å²) in [7, 11) is 8.33. The van der Waals surface area contributed by atoms with Crippen molar-refractivity contribution in [3.05, 3.63) is 118 Å². The van der Waals surface area contributed by atoms with Gasteiger partial charge < -0.3 is 116 Å². The minimum atomic E-state index is -3.75. The number of aliphatic hydroxyl groups excluding tert-OH is 3. The summed E-state index contributed by atoms with van der Waals surface area (Å²) in [4.78, 5) is 111. The Morgan fingerprint density at radius 3 is 1.02 bits per heavy atom. The summed E-state index contributed by atoms with van der Waals surface area (Å²) in [6.07, 6.45) is -5.37. The van der Waals surface area contributed by atoms with E-state index in [0.717, 1.165) is 92.1 Å². The number of benzene rings is 3. The van der Waals surface area contributed by atoms with E-state index >= 15 is 0 Å². The van der Waals surface area contributed by atoms with E-state index in [1.165, 1.54) is 23.4 Å². The molecule has 6 aliphatic heterocycles. The molecule has 0 spiro atoms. The third-order valence-electron chi connectivity index (χ3n) is 23.9. The summed E-state index contributed by atoms with van der Waals surface area (Å²) in [5, 5.41) is 35.2. The Hall–Kier alpha value is -7.40. The second-order valence-corrected chi connectivity index (χ2v) is 34.8. The Kier molecular flexibility index (Phi) is 40.1. The molecular formula is C86H135N15O23S. The van der Waals surface area contributed by atoms with Gasteiger partial charge in [0, 0.05) is 171 Å². The molecule has 3 aromatic carbocycles. The molecule has 3 aromatic heterocycles. The number of ether oxygens (including phenoxy) is 11. The van der Waals surface area contributed by atoms with Crippen LogP contribution in [0, 0.1) is 53.4 Å². The Bertz CT molecular complexity index is 4760. The summed E-state index contributed by atoms with van der Waals surface area (Å²) >= 11 is 0. The van der Waals surface area contributed by atoms with E-state index in [0.29, 0.717) is 145 Å². The smallest absolute Gasteiger partial charge is 0.282 e. The number of rotatable bonds is 34. The van der Waals surface area contributed by atoms with Gasteiger partial charge in [-0.05, 0) is 132 Å². The number of amides is 3.